The van der Waals surface area contributed by atoms with Crippen molar-refractivity contribution >= 4 is 11.6 Å². The van der Waals surface area contributed by atoms with E-state index in [4.69, 9.17) is 5.41 Å². The Balaban J connectivity index is 1.61. The van der Waals surface area contributed by atoms with E-state index in [1.165, 1.54) is 0 Å². The van der Waals surface area contributed by atoms with Crippen molar-refractivity contribution in [3.63, 3.8) is 0 Å². The largest absolute Gasteiger partial charge is 0.861 e. The molecule has 3 aromatic rings. The molecule has 1 N–H and O–H groups in total. The average Bonchev–Trinajstić information content (AvgIpc) is 3.22. The molecule has 2 atom stereocenters. The van der Waals surface area contributed by atoms with Gasteiger partial charge >= 0.3 is 0 Å². The molecule has 1 heterocycles. The Bertz CT molecular complexity index is 1080. The molecule has 0 saturated carbocycles. The summed E-state index contributed by atoms with van der Waals surface area (Å²) in [6, 6.07) is 26.3. The summed E-state index contributed by atoms with van der Waals surface area (Å²) in [7, 11) is 2.21. The highest BCUT2D eigenvalue weighted by Gasteiger charge is 2.49. The maximum Gasteiger partial charge on any atom is 0.269 e. The van der Waals surface area contributed by atoms with E-state index in [-0.39, 0.29) is 16.5 Å². The van der Waals surface area contributed by atoms with Gasteiger partial charge in [-0.25, -0.2) is 0 Å². The highest BCUT2D eigenvalue weighted by Crippen LogP contribution is 2.45. The Hall–Kier alpha value is -3.51. The molecule has 33 heavy (non-hydrogen) atoms. The minimum Gasteiger partial charge on any atom is -0.861 e. The van der Waals surface area contributed by atoms with Crippen LogP contribution in [0.25, 0.3) is 0 Å². The fourth-order valence-corrected chi connectivity index (χ4v) is 5.41. The Morgan fingerprint density at radius 2 is 1.55 bits per heavy atom. The standard InChI is InChI=1S/C27H29N3O3/c1-30(18-16-21-12-14-25(15-13-21)29(32)33)19-17-24(20-30)27(26(28)31,22-8-4-2-5-9-22)23-10-6-3-7-11-23/h2-15,24H,16-20H2,1H3,(H-,28,31). The number of hydrogen-bond acceptors (Lipinski definition) is 4. The number of benzene rings is 3. The molecule has 0 radical (unpaired) electrons. The molecule has 0 spiro atoms. The fraction of sp³-hybridized carbons (Fsp3) is 0.296. The predicted molar refractivity (Wildman–Crippen MR) is 127 cm³/mol. The van der Waals surface area contributed by atoms with Crippen LogP contribution in [-0.4, -0.2) is 42.0 Å². The third-order valence-corrected chi connectivity index (χ3v) is 7.19. The van der Waals surface area contributed by atoms with E-state index in [9.17, 15) is 15.2 Å². The first-order chi connectivity index (χ1) is 15.8. The van der Waals surface area contributed by atoms with Crippen molar-refractivity contribution in [3.05, 3.63) is 112 Å². The summed E-state index contributed by atoms with van der Waals surface area (Å²) in [5.41, 5.74) is 1.93. The van der Waals surface area contributed by atoms with Gasteiger partial charge in [-0.2, -0.15) is 0 Å². The molecule has 1 saturated heterocycles. The summed E-state index contributed by atoms with van der Waals surface area (Å²) in [6.07, 6.45) is 1.66. The number of nitro groups is 1. The van der Waals surface area contributed by atoms with E-state index in [2.05, 4.69) is 7.05 Å². The highest BCUT2D eigenvalue weighted by molar-refractivity contribution is 5.87. The number of nitrogens with one attached hydrogen (secondary N) is 1. The topological polar surface area (TPSA) is 90.1 Å². The fourth-order valence-electron chi connectivity index (χ4n) is 5.41. The maximum atomic E-state index is 13.1. The molecule has 170 valence electrons. The Labute approximate surface area is 194 Å². The SMILES string of the molecule is C[N+]1(CCc2ccc([N+](=O)[O-])cc2)CCC(C(C(=N)[O-])(c2ccccc2)c2ccccc2)C1. The zero-order valence-corrected chi connectivity index (χ0v) is 18.8. The second kappa shape index (κ2) is 9.16. The minimum absolute atomic E-state index is 0.00848. The first-order valence-corrected chi connectivity index (χ1v) is 11.3. The van der Waals surface area contributed by atoms with Gasteiger partial charge in [0.25, 0.3) is 5.69 Å². The number of likely N-dealkylation sites (tertiary alicyclic amines) is 1. The zero-order valence-electron chi connectivity index (χ0n) is 18.8. The van der Waals surface area contributed by atoms with Crippen LogP contribution in [0.15, 0.2) is 84.9 Å². The summed E-state index contributed by atoms with van der Waals surface area (Å²) in [6.45, 7) is 2.59. The third-order valence-electron chi connectivity index (χ3n) is 7.19. The van der Waals surface area contributed by atoms with Crippen LogP contribution in [0, 0.1) is 21.4 Å². The van der Waals surface area contributed by atoms with Gasteiger partial charge in [-0.05, 0) is 22.6 Å². The molecule has 6 nitrogen and oxygen atoms in total. The van der Waals surface area contributed by atoms with Crippen molar-refractivity contribution in [2.45, 2.75) is 18.3 Å². The van der Waals surface area contributed by atoms with E-state index in [0.29, 0.717) is 0 Å². The molecule has 2 unspecified atom stereocenters. The van der Waals surface area contributed by atoms with Crippen molar-refractivity contribution in [2.75, 3.05) is 26.7 Å². The van der Waals surface area contributed by atoms with Crippen LogP contribution in [0.2, 0.25) is 0 Å². The van der Waals surface area contributed by atoms with Crippen molar-refractivity contribution in [3.8, 4) is 0 Å². The van der Waals surface area contributed by atoms with Crippen LogP contribution < -0.4 is 5.11 Å². The third kappa shape index (κ3) is 4.39. The van der Waals surface area contributed by atoms with Crippen molar-refractivity contribution in [2.24, 2.45) is 5.92 Å². The highest BCUT2D eigenvalue weighted by atomic mass is 16.6. The molecule has 0 aromatic heterocycles. The Morgan fingerprint density at radius 3 is 2.03 bits per heavy atom. The number of quaternary nitrogens is 1. The summed E-state index contributed by atoms with van der Waals surface area (Å²) in [5, 5.41) is 32.5. The zero-order chi connectivity index (χ0) is 23.5. The van der Waals surface area contributed by atoms with Crippen LogP contribution >= 0.6 is 0 Å². The molecule has 1 aliphatic heterocycles. The van der Waals surface area contributed by atoms with Gasteiger partial charge in [0.15, 0.2) is 0 Å². The van der Waals surface area contributed by atoms with Gasteiger partial charge in [0, 0.05) is 30.9 Å². The quantitative estimate of drug-likeness (QED) is 0.188. The number of nitrogens with zero attached hydrogens (tertiary/aromatic N) is 2. The lowest BCUT2D eigenvalue weighted by molar-refractivity contribution is -0.899. The van der Waals surface area contributed by atoms with Crippen molar-refractivity contribution in [1.82, 2.24) is 0 Å². The van der Waals surface area contributed by atoms with Gasteiger partial charge in [0.05, 0.1) is 37.0 Å². The molecule has 0 aliphatic carbocycles. The van der Waals surface area contributed by atoms with E-state index in [1.807, 2.05) is 72.8 Å². The van der Waals surface area contributed by atoms with Crippen LogP contribution in [0.5, 0.6) is 0 Å². The second-order valence-corrected chi connectivity index (χ2v) is 9.28. The Morgan fingerprint density at radius 1 is 1.00 bits per heavy atom. The normalized spacial score (nSPS) is 20.5. The molecule has 1 aliphatic rings. The summed E-state index contributed by atoms with van der Waals surface area (Å²) in [5.74, 6) is -0.553. The number of nitro benzene ring substituents is 1. The molecular formula is C27H29N3O3. The molecule has 4 rings (SSSR count). The molecule has 6 heteroatoms. The van der Waals surface area contributed by atoms with Gasteiger partial charge in [0.2, 0.25) is 0 Å². The van der Waals surface area contributed by atoms with Crippen molar-refractivity contribution in [1.29, 1.82) is 5.41 Å². The lowest BCUT2D eigenvalue weighted by Crippen LogP contribution is -2.52. The maximum absolute atomic E-state index is 13.1. The van der Waals surface area contributed by atoms with Gasteiger partial charge in [0.1, 0.15) is 0 Å². The summed E-state index contributed by atoms with van der Waals surface area (Å²) >= 11 is 0. The van der Waals surface area contributed by atoms with Gasteiger partial charge in [-0.1, -0.05) is 72.8 Å². The van der Waals surface area contributed by atoms with Crippen LogP contribution in [0.4, 0.5) is 5.69 Å². The van der Waals surface area contributed by atoms with E-state index >= 15 is 0 Å². The van der Waals surface area contributed by atoms with Crippen LogP contribution in [-0.2, 0) is 11.8 Å². The lowest BCUT2D eigenvalue weighted by Gasteiger charge is -2.43. The van der Waals surface area contributed by atoms with E-state index in [0.717, 1.165) is 53.6 Å². The van der Waals surface area contributed by atoms with Gasteiger partial charge < -0.3 is 15.0 Å². The van der Waals surface area contributed by atoms with E-state index in [1.54, 1.807) is 12.1 Å². The van der Waals surface area contributed by atoms with Crippen LogP contribution in [0.1, 0.15) is 23.1 Å². The van der Waals surface area contributed by atoms with Gasteiger partial charge in [-0.15, -0.1) is 0 Å². The second-order valence-electron chi connectivity index (χ2n) is 9.28. The summed E-state index contributed by atoms with van der Waals surface area (Å²) in [4.78, 5) is 10.5. The number of non-ortho nitro benzene ring substituents is 1. The summed E-state index contributed by atoms with van der Waals surface area (Å²) < 4.78 is 0.802. The lowest BCUT2D eigenvalue weighted by atomic mass is 9.65. The number of likely N-dealkylation sites (N-methyl/N-ethyl adjacent to an activating group) is 1. The smallest absolute Gasteiger partial charge is 0.269 e. The van der Waals surface area contributed by atoms with Crippen molar-refractivity contribution < 1.29 is 14.5 Å². The van der Waals surface area contributed by atoms with Gasteiger partial charge in [-0.3, -0.25) is 10.1 Å². The molecular weight excluding hydrogens is 414 g/mol. The number of rotatable bonds is 8. The molecule has 0 amide bonds. The van der Waals surface area contributed by atoms with Crippen LogP contribution in [0.3, 0.4) is 0 Å². The van der Waals surface area contributed by atoms with E-state index < -0.39 is 11.3 Å². The molecule has 0 bridgehead atoms. The molecule has 1 fully saturated rings. The Kier molecular flexibility index (Phi) is 6.29. The average molecular weight is 444 g/mol. The molecule has 3 aromatic carbocycles. The first-order valence-electron chi connectivity index (χ1n) is 11.3. The first kappa shape index (κ1) is 22.7. The minimum atomic E-state index is -0.994. The predicted octanol–water partition coefficient (Wildman–Crippen LogP) is 3.93. The number of hydrogen-bond donors (Lipinski definition) is 1. The monoisotopic (exact) mass is 443 g/mol.